The second kappa shape index (κ2) is 13.7. The second-order valence-electron chi connectivity index (χ2n) is 6.57. The number of amides is 3. The smallest absolute Gasteiger partial charge is 0.327 e. The number of carbonyl (C=O) groups excluding carboxylic acids is 3. The van der Waals surface area contributed by atoms with Crippen LogP contribution in [0.4, 0.5) is 0 Å². The average Bonchev–Trinajstić information content (AvgIpc) is 2.66. The SMILES string of the molecule is CCC(C)C(NC(=O)C(C)NC(=O)C(N)CCSC)C(=O)NC(CS)C(=O)O. The minimum atomic E-state index is -1.21. The van der Waals surface area contributed by atoms with Gasteiger partial charge in [0.25, 0.3) is 0 Å². The highest BCUT2D eigenvalue weighted by Crippen LogP contribution is 2.09. The van der Waals surface area contributed by atoms with E-state index in [1.807, 2.05) is 13.2 Å². The number of rotatable bonds is 13. The van der Waals surface area contributed by atoms with Crippen LogP contribution < -0.4 is 21.7 Å². The summed E-state index contributed by atoms with van der Waals surface area (Å²) < 4.78 is 0. The molecule has 0 aromatic carbocycles. The van der Waals surface area contributed by atoms with Gasteiger partial charge in [-0.15, -0.1) is 0 Å². The lowest BCUT2D eigenvalue weighted by molar-refractivity contribution is -0.142. The zero-order valence-electron chi connectivity index (χ0n) is 16.7. The summed E-state index contributed by atoms with van der Waals surface area (Å²) in [5, 5.41) is 16.6. The Morgan fingerprint density at radius 1 is 1.07 bits per heavy atom. The van der Waals surface area contributed by atoms with Crippen LogP contribution in [0.1, 0.15) is 33.6 Å². The zero-order valence-corrected chi connectivity index (χ0v) is 18.4. The molecule has 11 heteroatoms. The van der Waals surface area contributed by atoms with Gasteiger partial charge >= 0.3 is 5.97 Å². The molecule has 5 atom stereocenters. The molecule has 0 heterocycles. The maximum Gasteiger partial charge on any atom is 0.327 e. The van der Waals surface area contributed by atoms with Crippen LogP contribution in [0, 0.1) is 5.92 Å². The van der Waals surface area contributed by atoms with Crippen molar-refractivity contribution in [3.8, 4) is 0 Å². The number of hydrogen-bond donors (Lipinski definition) is 6. The van der Waals surface area contributed by atoms with Gasteiger partial charge in [-0.25, -0.2) is 4.79 Å². The number of thioether (sulfide) groups is 1. The molecule has 0 aromatic rings. The van der Waals surface area contributed by atoms with Crippen molar-refractivity contribution in [2.45, 2.75) is 57.8 Å². The van der Waals surface area contributed by atoms with Crippen molar-refractivity contribution >= 4 is 48.1 Å². The molecular formula is C17H32N4O5S2. The van der Waals surface area contributed by atoms with Crippen LogP contribution in [0.5, 0.6) is 0 Å². The third-order valence-electron chi connectivity index (χ3n) is 4.31. The Kier molecular flexibility index (Phi) is 13.0. The Morgan fingerprint density at radius 3 is 2.14 bits per heavy atom. The third kappa shape index (κ3) is 9.16. The predicted octanol–water partition coefficient (Wildman–Crippen LogP) is -0.398. The molecule has 0 saturated heterocycles. The standard InChI is InChI=1S/C17H32N4O5S2/c1-5-9(2)13(16(24)20-12(8-27)17(25)26)21-14(22)10(3)19-15(23)11(18)6-7-28-4/h9-13,27H,5-8,18H2,1-4H3,(H,19,23)(H,20,24)(H,21,22)(H,25,26). The highest BCUT2D eigenvalue weighted by molar-refractivity contribution is 7.98. The first-order valence-corrected chi connectivity index (χ1v) is 11.1. The predicted molar refractivity (Wildman–Crippen MR) is 113 cm³/mol. The first-order chi connectivity index (χ1) is 13.1. The molecule has 9 nitrogen and oxygen atoms in total. The summed E-state index contributed by atoms with van der Waals surface area (Å²) in [6.45, 7) is 5.11. The number of nitrogens with one attached hydrogen (secondary N) is 3. The summed E-state index contributed by atoms with van der Waals surface area (Å²) in [6, 6.07) is -3.72. The van der Waals surface area contributed by atoms with Crippen molar-refractivity contribution < 1.29 is 24.3 Å². The van der Waals surface area contributed by atoms with Crippen molar-refractivity contribution in [3.05, 3.63) is 0 Å². The minimum Gasteiger partial charge on any atom is -0.480 e. The molecule has 0 spiro atoms. The molecule has 0 rings (SSSR count). The number of aliphatic carboxylic acids is 1. The van der Waals surface area contributed by atoms with Gasteiger partial charge in [0.15, 0.2) is 0 Å². The van der Waals surface area contributed by atoms with E-state index in [4.69, 9.17) is 10.8 Å². The largest absolute Gasteiger partial charge is 0.480 e. The van der Waals surface area contributed by atoms with E-state index in [1.165, 1.54) is 6.92 Å². The molecule has 0 aliphatic carbocycles. The zero-order chi connectivity index (χ0) is 21.9. The van der Waals surface area contributed by atoms with Crippen molar-refractivity contribution in [1.29, 1.82) is 0 Å². The van der Waals surface area contributed by atoms with E-state index < -0.39 is 47.9 Å². The first-order valence-electron chi connectivity index (χ1n) is 9.08. The van der Waals surface area contributed by atoms with Gasteiger partial charge < -0.3 is 26.8 Å². The van der Waals surface area contributed by atoms with Gasteiger partial charge in [0.05, 0.1) is 6.04 Å². The normalized spacial score (nSPS) is 16.2. The molecule has 5 unspecified atom stereocenters. The molecular weight excluding hydrogens is 404 g/mol. The topological polar surface area (TPSA) is 151 Å². The number of nitrogens with two attached hydrogens (primary N) is 1. The van der Waals surface area contributed by atoms with Crippen LogP contribution in [0.25, 0.3) is 0 Å². The Labute approximate surface area is 175 Å². The molecule has 6 N–H and O–H groups in total. The number of carboxylic acids is 1. The second-order valence-corrected chi connectivity index (χ2v) is 7.92. The fourth-order valence-corrected chi connectivity index (χ4v) is 2.93. The Bertz CT molecular complexity index is 550. The summed E-state index contributed by atoms with van der Waals surface area (Å²) in [7, 11) is 0. The van der Waals surface area contributed by atoms with Crippen LogP contribution in [-0.4, -0.2) is 70.7 Å². The van der Waals surface area contributed by atoms with Crippen molar-refractivity contribution in [2.24, 2.45) is 11.7 Å². The lowest BCUT2D eigenvalue weighted by Crippen LogP contribution is -2.58. The molecule has 162 valence electrons. The molecule has 0 fully saturated rings. The maximum atomic E-state index is 12.5. The summed E-state index contributed by atoms with van der Waals surface area (Å²) in [4.78, 5) is 48.1. The van der Waals surface area contributed by atoms with Crippen molar-refractivity contribution in [1.82, 2.24) is 16.0 Å². The molecule has 0 aliphatic rings. The summed E-state index contributed by atoms with van der Waals surface area (Å²) in [5.74, 6) is -2.42. The summed E-state index contributed by atoms with van der Waals surface area (Å²) >= 11 is 5.48. The molecule has 0 radical (unpaired) electrons. The molecule has 28 heavy (non-hydrogen) atoms. The van der Waals surface area contributed by atoms with Gasteiger partial charge in [-0.3, -0.25) is 14.4 Å². The average molecular weight is 437 g/mol. The molecule has 0 saturated carbocycles. The molecule has 0 aliphatic heterocycles. The molecule has 3 amide bonds. The van der Waals surface area contributed by atoms with Crippen LogP contribution in [0.15, 0.2) is 0 Å². The molecule has 0 bridgehead atoms. The van der Waals surface area contributed by atoms with Gasteiger partial charge in [0.2, 0.25) is 17.7 Å². The molecule has 0 aromatic heterocycles. The van der Waals surface area contributed by atoms with Crippen LogP contribution in [0.3, 0.4) is 0 Å². The number of hydrogen-bond acceptors (Lipinski definition) is 7. The van der Waals surface area contributed by atoms with E-state index >= 15 is 0 Å². The van der Waals surface area contributed by atoms with Crippen molar-refractivity contribution in [2.75, 3.05) is 17.8 Å². The highest BCUT2D eigenvalue weighted by Gasteiger charge is 2.31. The van der Waals surface area contributed by atoms with E-state index in [2.05, 4.69) is 28.6 Å². The lowest BCUT2D eigenvalue weighted by Gasteiger charge is -2.26. The van der Waals surface area contributed by atoms with E-state index in [1.54, 1.807) is 18.7 Å². The fourth-order valence-electron chi connectivity index (χ4n) is 2.19. The maximum absolute atomic E-state index is 12.5. The summed E-state index contributed by atoms with van der Waals surface area (Å²) in [6.07, 6.45) is 2.97. The van der Waals surface area contributed by atoms with Crippen LogP contribution in [-0.2, 0) is 19.2 Å². The van der Waals surface area contributed by atoms with Crippen LogP contribution in [0.2, 0.25) is 0 Å². The first kappa shape index (κ1) is 26.5. The van der Waals surface area contributed by atoms with E-state index in [9.17, 15) is 19.2 Å². The number of thiol groups is 1. The monoisotopic (exact) mass is 436 g/mol. The quantitative estimate of drug-likeness (QED) is 0.215. The van der Waals surface area contributed by atoms with E-state index in [0.29, 0.717) is 12.8 Å². The van der Waals surface area contributed by atoms with Gasteiger partial charge in [-0.1, -0.05) is 20.3 Å². The minimum absolute atomic E-state index is 0.0807. The Balaban J connectivity index is 4.99. The highest BCUT2D eigenvalue weighted by atomic mass is 32.2. The van der Waals surface area contributed by atoms with Gasteiger partial charge in [0, 0.05) is 5.75 Å². The van der Waals surface area contributed by atoms with Gasteiger partial charge in [0.1, 0.15) is 18.1 Å². The van der Waals surface area contributed by atoms with Crippen molar-refractivity contribution in [3.63, 3.8) is 0 Å². The van der Waals surface area contributed by atoms with Gasteiger partial charge in [-0.2, -0.15) is 24.4 Å². The van der Waals surface area contributed by atoms with E-state index in [-0.39, 0.29) is 11.7 Å². The lowest BCUT2D eigenvalue weighted by atomic mass is 9.97. The number of carbonyl (C=O) groups is 4. The number of carboxylic acid groups (broad SMARTS) is 1. The van der Waals surface area contributed by atoms with E-state index in [0.717, 1.165) is 5.75 Å². The Morgan fingerprint density at radius 2 is 1.68 bits per heavy atom. The Hall–Kier alpha value is -1.46. The van der Waals surface area contributed by atoms with Gasteiger partial charge in [-0.05, 0) is 31.3 Å². The van der Waals surface area contributed by atoms with Crippen LogP contribution >= 0.6 is 24.4 Å². The third-order valence-corrected chi connectivity index (χ3v) is 5.32. The summed E-state index contributed by atoms with van der Waals surface area (Å²) in [5.41, 5.74) is 5.79. The fraction of sp³-hybridized carbons (Fsp3) is 0.765.